The molecule has 12 nitrogen and oxygen atoms in total. The van der Waals surface area contributed by atoms with E-state index in [0.29, 0.717) is 49.5 Å². The van der Waals surface area contributed by atoms with E-state index in [1.54, 1.807) is 6.07 Å². The zero-order chi connectivity index (χ0) is 28.9. The van der Waals surface area contributed by atoms with Gasteiger partial charge in [0.15, 0.2) is 34.2 Å². The van der Waals surface area contributed by atoms with Gasteiger partial charge in [-0.25, -0.2) is 23.5 Å². The smallest absolute Gasteiger partial charge is 0.343 e. The molecule has 2 aromatic carbocycles. The summed E-state index contributed by atoms with van der Waals surface area (Å²) in [5.41, 5.74) is 0.150. The van der Waals surface area contributed by atoms with Crippen molar-refractivity contribution in [2.45, 2.75) is 17.0 Å². The minimum atomic E-state index is -1.09. The molecule has 0 spiro atoms. The number of carbonyl (C=O) groups is 1. The lowest BCUT2D eigenvalue weighted by Crippen LogP contribution is -2.37. The number of benzene rings is 2. The van der Waals surface area contributed by atoms with E-state index in [1.165, 1.54) is 25.3 Å². The summed E-state index contributed by atoms with van der Waals surface area (Å²) in [5.74, 6) is -1.65. The highest BCUT2D eigenvalue weighted by atomic mass is 32.2. The van der Waals surface area contributed by atoms with Crippen molar-refractivity contribution in [3.63, 3.8) is 0 Å². The molecule has 212 valence electrons. The van der Waals surface area contributed by atoms with E-state index < -0.39 is 29.0 Å². The zero-order valence-corrected chi connectivity index (χ0v) is 22.6. The Labute approximate surface area is 236 Å². The van der Waals surface area contributed by atoms with Crippen LogP contribution in [0.4, 0.5) is 31.9 Å². The van der Waals surface area contributed by atoms with Crippen molar-refractivity contribution in [1.29, 1.82) is 0 Å². The summed E-state index contributed by atoms with van der Waals surface area (Å²) in [6, 6.07) is 9.03. The third-order valence-corrected chi connectivity index (χ3v) is 6.82. The van der Waals surface area contributed by atoms with Crippen LogP contribution in [0.5, 0.6) is 11.5 Å². The molecule has 3 heterocycles. The van der Waals surface area contributed by atoms with Crippen molar-refractivity contribution in [2.75, 3.05) is 43.6 Å². The van der Waals surface area contributed by atoms with Gasteiger partial charge >= 0.3 is 5.97 Å². The summed E-state index contributed by atoms with van der Waals surface area (Å²) in [7, 11) is 1.51. The number of carbonyl (C=O) groups excluding carboxylic acids is 1. The normalized spacial score (nSPS) is 13.1. The maximum Gasteiger partial charge on any atom is 0.343 e. The number of halogens is 2. The number of nitrogens with one attached hydrogen (secondary N) is 2. The van der Waals surface area contributed by atoms with Gasteiger partial charge < -0.3 is 24.4 Å². The van der Waals surface area contributed by atoms with Crippen molar-refractivity contribution >= 4 is 40.9 Å². The molecule has 2 N–H and O–H groups in total. The number of morpholine rings is 1. The number of rotatable bonds is 9. The average Bonchev–Trinajstić information content (AvgIpc) is 3.39. The number of aromatic nitrogens is 4. The Bertz CT molecular complexity index is 1600. The Kier molecular flexibility index (Phi) is 8.35. The van der Waals surface area contributed by atoms with Crippen LogP contribution in [-0.2, 0) is 4.74 Å². The maximum absolute atomic E-state index is 15.2. The van der Waals surface area contributed by atoms with Crippen LogP contribution in [0.3, 0.4) is 0 Å². The van der Waals surface area contributed by atoms with Gasteiger partial charge in [-0.3, -0.25) is 5.10 Å². The summed E-state index contributed by atoms with van der Waals surface area (Å²) < 4.78 is 45.6. The fourth-order valence-electron chi connectivity index (χ4n) is 3.95. The molecule has 1 aliphatic heterocycles. The second kappa shape index (κ2) is 12.3. The molecule has 1 aliphatic rings. The van der Waals surface area contributed by atoms with Crippen LogP contribution < -0.4 is 19.7 Å². The Balaban J connectivity index is 1.42. The molecule has 0 radical (unpaired) electrons. The molecule has 0 atom stereocenters. The molecule has 41 heavy (non-hydrogen) atoms. The van der Waals surface area contributed by atoms with E-state index >= 15 is 4.39 Å². The van der Waals surface area contributed by atoms with Crippen molar-refractivity contribution in [1.82, 2.24) is 20.2 Å². The number of H-pyrrole nitrogens is 1. The van der Waals surface area contributed by atoms with Crippen molar-refractivity contribution in [3.05, 3.63) is 70.3 Å². The van der Waals surface area contributed by atoms with E-state index in [4.69, 9.17) is 14.2 Å². The van der Waals surface area contributed by atoms with E-state index in [2.05, 4.69) is 30.7 Å². The predicted octanol–water partition coefficient (Wildman–Crippen LogP) is 5.14. The van der Waals surface area contributed by atoms with Gasteiger partial charge in [-0.15, -0.1) is 4.91 Å². The Morgan fingerprint density at radius 2 is 1.98 bits per heavy atom. The van der Waals surface area contributed by atoms with Gasteiger partial charge in [0.05, 0.1) is 30.8 Å². The maximum atomic E-state index is 15.2. The fourth-order valence-corrected chi connectivity index (χ4v) is 4.70. The molecule has 0 unspecified atom stereocenters. The number of anilines is 3. The summed E-state index contributed by atoms with van der Waals surface area (Å²) in [5, 5.41) is 12.9. The van der Waals surface area contributed by atoms with Crippen LogP contribution in [-0.4, -0.2) is 59.5 Å². The molecule has 5 rings (SSSR count). The first kappa shape index (κ1) is 27.9. The Morgan fingerprint density at radius 1 is 1.17 bits per heavy atom. The summed E-state index contributed by atoms with van der Waals surface area (Å²) in [6.07, 6.45) is 0. The lowest BCUT2D eigenvalue weighted by atomic mass is 10.2. The first-order valence-electron chi connectivity index (χ1n) is 12.3. The van der Waals surface area contributed by atoms with Crippen LogP contribution in [0.25, 0.3) is 0 Å². The molecule has 1 saturated heterocycles. The molecule has 1 fully saturated rings. The lowest BCUT2D eigenvalue weighted by molar-refractivity contribution is 0.0727. The van der Waals surface area contributed by atoms with Gasteiger partial charge in [0.1, 0.15) is 11.5 Å². The van der Waals surface area contributed by atoms with Gasteiger partial charge in [0.2, 0.25) is 5.75 Å². The minimum absolute atomic E-state index is 0.125. The fraction of sp³-hybridized carbons (Fsp3) is 0.231. The molecule has 0 bridgehead atoms. The first-order chi connectivity index (χ1) is 19.9. The molecule has 0 saturated carbocycles. The monoisotopic (exact) mass is 583 g/mol. The third kappa shape index (κ3) is 6.25. The van der Waals surface area contributed by atoms with Crippen LogP contribution in [0.15, 0.2) is 57.7 Å². The number of nitroso groups, excluding NO2 is 1. The van der Waals surface area contributed by atoms with Gasteiger partial charge in [-0.1, -0.05) is 6.07 Å². The van der Waals surface area contributed by atoms with Crippen LogP contribution in [0.1, 0.15) is 16.1 Å². The zero-order valence-electron chi connectivity index (χ0n) is 21.8. The SMILES string of the molecule is COc1c(Nc2cc(C)[nH]n2)nc(Sc2ccc(C(=O)Oc3cccc(N=O)c3F)cc2F)nc1N1CCOCC1. The highest BCUT2D eigenvalue weighted by Gasteiger charge is 2.24. The van der Waals surface area contributed by atoms with Crippen molar-refractivity contribution < 1.29 is 27.8 Å². The van der Waals surface area contributed by atoms with Crippen LogP contribution >= 0.6 is 11.8 Å². The number of aryl methyl sites for hydroxylation is 1. The van der Waals surface area contributed by atoms with E-state index in [9.17, 15) is 14.1 Å². The number of ether oxygens (including phenoxy) is 3. The second-order valence-corrected chi connectivity index (χ2v) is 9.70. The summed E-state index contributed by atoms with van der Waals surface area (Å²) in [4.78, 5) is 34.6. The number of nitrogens with zero attached hydrogens (tertiary/aromatic N) is 5. The number of aromatic amines is 1. The third-order valence-electron chi connectivity index (χ3n) is 5.91. The predicted molar refractivity (Wildman–Crippen MR) is 146 cm³/mol. The topological polar surface area (TPSA) is 144 Å². The Hall–Kier alpha value is -4.63. The van der Waals surface area contributed by atoms with Gasteiger partial charge in [-0.05, 0) is 54.2 Å². The summed E-state index contributed by atoms with van der Waals surface area (Å²) >= 11 is 0.935. The number of hydrogen-bond acceptors (Lipinski definition) is 12. The largest absolute Gasteiger partial charge is 0.490 e. The van der Waals surface area contributed by atoms with Gasteiger partial charge in [0.25, 0.3) is 0 Å². The van der Waals surface area contributed by atoms with Crippen LogP contribution in [0.2, 0.25) is 0 Å². The van der Waals surface area contributed by atoms with Crippen molar-refractivity contribution in [2.24, 2.45) is 5.18 Å². The van der Waals surface area contributed by atoms with Crippen molar-refractivity contribution in [3.8, 4) is 11.5 Å². The van der Waals surface area contributed by atoms with Crippen LogP contribution in [0, 0.1) is 23.5 Å². The highest BCUT2D eigenvalue weighted by molar-refractivity contribution is 7.99. The van der Waals surface area contributed by atoms with E-state index in [1.807, 2.05) is 11.8 Å². The standard InChI is InChI=1S/C26H23F2N7O5S/c1-14-12-20(33-32-14)29-23-22(38-2)24(35-8-10-39-11-9-35)31-26(30-23)41-19-7-6-15(13-16(19)27)25(36)40-18-5-3-4-17(34-37)21(18)28/h3-7,12-13H,8-11H2,1-2H3,(H2,29,30,31,32,33). The molecular weight excluding hydrogens is 560 g/mol. The van der Waals surface area contributed by atoms with Gasteiger partial charge in [-0.2, -0.15) is 5.10 Å². The second-order valence-electron chi connectivity index (χ2n) is 8.69. The molecule has 0 aliphatic carbocycles. The lowest BCUT2D eigenvalue weighted by Gasteiger charge is -2.29. The average molecular weight is 584 g/mol. The van der Waals surface area contributed by atoms with E-state index in [0.717, 1.165) is 35.7 Å². The number of esters is 1. The number of methoxy groups -OCH3 is 1. The minimum Gasteiger partial charge on any atom is -0.490 e. The quantitative estimate of drug-likeness (QED) is 0.117. The Morgan fingerprint density at radius 3 is 2.66 bits per heavy atom. The van der Waals surface area contributed by atoms with E-state index in [-0.39, 0.29) is 15.6 Å². The highest BCUT2D eigenvalue weighted by Crippen LogP contribution is 2.39. The molecule has 4 aromatic rings. The number of hydrogen-bond donors (Lipinski definition) is 2. The van der Waals surface area contributed by atoms with Gasteiger partial charge in [0, 0.05) is 24.8 Å². The molecule has 15 heteroatoms. The first-order valence-corrected chi connectivity index (χ1v) is 13.1. The summed E-state index contributed by atoms with van der Waals surface area (Å²) in [6.45, 7) is 3.99. The molecular formula is C26H23F2N7O5S. The molecule has 0 amide bonds. The molecule has 2 aromatic heterocycles.